The average molecular weight is 500 g/mol. The van der Waals surface area contributed by atoms with Gasteiger partial charge in [0.25, 0.3) is 5.91 Å². The first-order valence-corrected chi connectivity index (χ1v) is 12.3. The first-order valence-electron chi connectivity index (χ1n) is 12.3. The van der Waals surface area contributed by atoms with Crippen LogP contribution in [0.2, 0.25) is 0 Å². The number of hydrogen-bond donors (Lipinski definition) is 2. The number of hydrogen-bond acceptors (Lipinski definition) is 5. The number of rotatable bonds is 6. The average Bonchev–Trinajstić information content (AvgIpc) is 3.16. The molecule has 0 radical (unpaired) electrons. The van der Waals surface area contributed by atoms with Crippen LogP contribution in [0.4, 0.5) is 4.79 Å². The first kappa shape index (κ1) is 24.4. The van der Waals surface area contributed by atoms with Crippen molar-refractivity contribution < 1.29 is 23.9 Å². The van der Waals surface area contributed by atoms with Crippen LogP contribution in [-0.4, -0.2) is 42.5 Å². The summed E-state index contributed by atoms with van der Waals surface area (Å²) < 4.78 is 11.2. The van der Waals surface area contributed by atoms with E-state index in [-0.39, 0.29) is 6.04 Å². The Morgan fingerprint density at radius 1 is 0.946 bits per heavy atom. The monoisotopic (exact) mass is 499 g/mol. The maximum absolute atomic E-state index is 13.9. The largest absolute Gasteiger partial charge is 0.486 e. The molecule has 2 aliphatic heterocycles. The lowest BCUT2D eigenvalue weighted by Crippen LogP contribution is -2.46. The van der Waals surface area contributed by atoms with E-state index in [0.717, 1.165) is 21.6 Å². The summed E-state index contributed by atoms with van der Waals surface area (Å²) in [6.45, 7) is 6.34. The van der Waals surface area contributed by atoms with Crippen molar-refractivity contribution in [1.82, 2.24) is 15.5 Å². The van der Waals surface area contributed by atoms with E-state index in [1.807, 2.05) is 75.4 Å². The summed E-state index contributed by atoms with van der Waals surface area (Å²) in [7, 11) is 0. The number of fused-ring (bicyclic) bond motifs is 1. The Balaban J connectivity index is 1.38. The van der Waals surface area contributed by atoms with Gasteiger partial charge in [0.2, 0.25) is 5.91 Å². The molecule has 2 heterocycles. The van der Waals surface area contributed by atoms with Crippen molar-refractivity contribution in [3.8, 4) is 11.5 Å². The lowest BCUT2D eigenvalue weighted by Gasteiger charge is -2.28. The standard InChI is InChI=1S/C29H29N3O5/c1-18-9-11-23(15-19(18)2)29(22-7-5-4-6-8-22)27(34)32(28(35)31-29)17-26(33)30-20(3)21-10-12-24-25(16-21)37-14-13-36-24/h4-12,15-16,20H,13-14,17H2,1-3H3,(H,30,33)(H,31,35)/t20-,29+/m0/s1. The van der Waals surface area contributed by atoms with Crippen LogP contribution in [0, 0.1) is 13.8 Å². The summed E-state index contributed by atoms with van der Waals surface area (Å²) in [6, 6.07) is 19.3. The maximum atomic E-state index is 13.9. The number of imide groups is 1. The molecule has 0 unspecified atom stereocenters. The van der Waals surface area contributed by atoms with Crippen LogP contribution in [0.5, 0.6) is 11.5 Å². The molecule has 1 saturated heterocycles. The van der Waals surface area contributed by atoms with Crippen LogP contribution in [-0.2, 0) is 15.1 Å². The third kappa shape index (κ3) is 4.39. The van der Waals surface area contributed by atoms with Gasteiger partial charge in [0.05, 0.1) is 6.04 Å². The summed E-state index contributed by atoms with van der Waals surface area (Å²) in [5.74, 6) is 0.348. The van der Waals surface area contributed by atoms with Gasteiger partial charge in [-0.15, -0.1) is 0 Å². The molecule has 0 bridgehead atoms. The number of carbonyl (C=O) groups excluding carboxylic acids is 3. The van der Waals surface area contributed by atoms with E-state index in [1.54, 1.807) is 12.1 Å². The van der Waals surface area contributed by atoms with Crippen molar-refractivity contribution in [2.24, 2.45) is 0 Å². The Morgan fingerprint density at radius 3 is 2.41 bits per heavy atom. The van der Waals surface area contributed by atoms with Crippen molar-refractivity contribution in [3.63, 3.8) is 0 Å². The van der Waals surface area contributed by atoms with E-state index < -0.39 is 29.9 Å². The fourth-order valence-corrected chi connectivity index (χ4v) is 4.78. The molecule has 3 aromatic carbocycles. The summed E-state index contributed by atoms with van der Waals surface area (Å²) in [6.07, 6.45) is 0. The van der Waals surface area contributed by atoms with Crippen molar-refractivity contribution in [3.05, 3.63) is 94.5 Å². The van der Waals surface area contributed by atoms with E-state index >= 15 is 0 Å². The topological polar surface area (TPSA) is 97.0 Å². The van der Waals surface area contributed by atoms with E-state index in [2.05, 4.69) is 10.6 Å². The molecule has 2 atom stereocenters. The van der Waals surface area contributed by atoms with Gasteiger partial charge in [0.15, 0.2) is 17.0 Å². The number of nitrogens with zero attached hydrogens (tertiary/aromatic N) is 1. The summed E-state index contributed by atoms with van der Waals surface area (Å²) >= 11 is 0. The normalized spacial score (nSPS) is 19.4. The third-order valence-corrected chi connectivity index (χ3v) is 7.00. The number of carbonyl (C=O) groups is 3. The highest BCUT2D eigenvalue weighted by Crippen LogP contribution is 2.37. The van der Waals surface area contributed by atoms with E-state index in [0.29, 0.717) is 35.8 Å². The lowest BCUT2D eigenvalue weighted by atomic mass is 9.81. The molecule has 0 saturated carbocycles. The fraction of sp³-hybridized carbons (Fsp3) is 0.276. The highest BCUT2D eigenvalue weighted by atomic mass is 16.6. The van der Waals surface area contributed by atoms with Crippen molar-refractivity contribution in [1.29, 1.82) is 0 Å². The summed E-state index contributed by atoms with van der Waals surface area (Å²) in [5, 5.41) is 5.78. The number of amides is 4. The number of aryl methyl sites for hydroxylation is 2. The molecular formula is C29H29N3O5. The smallest absolute Gasteiger partial charge is 0.326 e. The van der Waals surface area contributed by atoms with Crippen LogP contribution in [0.1, 0.15) is 40.8 Å². The predicted molar refractivity (Wildman–Crippen MR) is 137 cm³/mol. The van der Waals surface area contributed by atoms with Gasteiger partial charge in [0.1, 0.15) is 19.8 Å². The molecule has 2 aliphatic rings. The SMILES string of the molecule is Cc1ccc([C@@]2(c3ccccc3)NC(=O)N(CC(=O)N[C@@H](C)c3ccc4c(c3)OCCO4)C2=O)cc1C. The van der Waals surface area contributed by atoms with Gasteiger partial charge in [-0.3, -0.25) is 14.5 Å². The van der Waals surface area contributed by atoms with E-state index in [9.17, 15) is 14.4 Å². The van der Waals surface area contributed by atoms with Gasteiger partial charge in [-0.05, 0) is 60.7 Å². The zero-order chi connectivity index (χ0) is 26.2. The minimum Gasteiger partial charge on any atom is -0.486 e. The minimum absolute atomic E-state index is 0.372. The molecule has 1 fully saturated rings. The number of nitrogens with one attached hydrogen (secondary N) is 2. The molecular weight excluding hydrogens is 470 g/mol. The lowest BCUT2D eigenvalue weighted by molar-refractivity contribution is -0.134. The molecule has 0 spiro atoms. The van der Waals surface area contributed by atoms with Crippen molar-refractivity contribution in [2.75, 3.05) is 19.8 Å². The fourth-order valence-electron chi connectivity index (χ4n) is 4.78. The Hall–Kier alpha value is -4.33. The summed E-state index contributed by atoms with van der Waals surface area (Å²) in [4.78, 5) is 41.0. The molecule has 0 aromatic heterocycles. The van der Waals surface area contributed by atoms with E-state index in [4.69, 9.17) is 9.47 Å². The molecule has 0 aliphatic carbocycles. The van der Waals surface area contributed by atoms with Crippen LogP contribution in [0.25, 0.3) is 0 Å². The molecule has 8 heteroatoms. The second-order valence-corrected chi connectivity index (χ2v) is 9.43. The minimum atomic E-state index is -1.42. The second kappa shape index (κ2) is 9.61. The Kier molecular flexibility index (Phi) is 6.33. The second-order valence-electron chi connectivity index (χ2n) is 9.43. The van der Waals surface area contributed by atoms with Crippen LogP contribution >= 0.6 is 0 Å². The number of urea groups is 1. The van der Waals surface area contributed by atoms with Crippen molar-refractivity contribution in [2.45, 2.75) is 32.4 Å². The zero-order valence-corrected chi connectivity index (χ0v) is 21.0. The van der Waals surface area contributed by atoms with Crippen LogP contribution in [0.15, 0.2) is 66.7 Å². The molecule has 190 valence electrons. The Labute approximate surface area is 215 Å². The highest BCUT2D eigenvalue weighted by molar-refractivity contribution is 6.11. The van der Waals surface area contributed by atoms with Gasteiger partial charge in [-0.25, -0.2) is 4.79 Å². The van der Waals surface area contributed by atoms with Gasteiger partial charge in [-0.1, -0.05) is 54.6 Å². The van der Waals surface area contributed by atoms with Gasteiger partial charge in [-0.2, -0.15) is 0 Å². The molecule has 8 nitrogen and oxygen atoms in total. The molecule has 5 rings (SSSR count). The zero-order valence-electron chi connectivity index (χ0n) is 21.0. The number of benzene rings is 3. The van der Waals surface area contributed by atoms with E-state index in [1.165, 1.54) is 0 Å². The molecule has 3 aromatic rings. The first-order chi connectivity index (χ1) is 17.8. The predicted octanol–water partition coefficient (Wildman–Crippen LogP) is 3.75. The number of ether oxygens (including phenoxy) is 2. The van der Waals surface area contributed by atoms with Crippen molar-refractivity contribution >= 4 is 17.8 Å². The van der Waals surface area contributed by atoms with Crippen LogP contribution < -0.4 is 20.1 Å². The quantitative estimate of drug-likeness (QED) is 0.504. The van der Waals surface area contributed by atoms with Crippen LogP contribution in [0.3, 0.4) is 0 Å². The Morgan fingerprint density at radius 2 is 1.68 bits per heavy atom. The third-order valence-electron chi connectivity index (χ3n) is 7.00. The molecule has 4 amide bonds. The molecule has 2 N–H and O–H groups in total. The summed E-state index contributed by atoms with van der Waals surface area (Å²) in [5.41, 5.74) is 2.76. The Bertz CT molecular complexity index is 1370. The van der Waals surface area contributed by atoms with Gasteiger partial charge in [0, 0.05) is 0 Å². The van der Waals surface area contributed by atoms with Gasteiger partial charge < -0.3 is 20.1 Å². The highest BCUT2D eigenvalue weighted by Gasteiger charge is 2.54. The van der Waals surface area contributed by atoms with Gasteiger partial charge >= 0.3 is 6.03 Å². The maximum Gasteiger partial charge on any atom is 0.326 e. The molecule has 37 heavy (non-hydrogen) atoms.